The third-order valence-electron chi connectivity index (χ3n) is 5.69. The van der Waals surface area contributed by atoms with Gasteiger partial charge in [0.1, 0.15) is 5.76 Å². The van der Waals surface area contributed by atoms with Gasteiger partial charge in [-0.15, -0.1) is 0 Å². The molecular formula is C15H20O. The third kappa shape index (κ3) is 0.928. The van der Waals surface area contributed by atoms with Gasteiger partial charge in [-0.3, -0.25) is 0 Å². The van der Waals surface area contributed by atoms with Crippen molar-refractivity contribution >= 4 is 5.57 Å². The lowest BCUT2D eigenvalue weighted by Gasteiger charge is -2.48. The first kappa shape index (κ1) is 10.2. The summed E-state index contributed by atoms with van der Waals surface area (Å²) in [4.78, 5) is 0. The van der Waals surface area contributed by atoms with E-state index in [1.807, 2.05) is 6.26 Å². The van der Waals surface area contributed by atoms with E-state index in [4.69, 9.17) is 4.42 Å². The normalized spacial score (nSPS) is 41.9. The fourth-order valence-corrected chi connectivity index (χ4v) is 3.90. The van der Waals surface area contributed by atoms with Gasteiger partial charge in [0, 0.05) is 12.0 Å². The van der Waals surface area contributed by atoms with E-state index >= 15 is 0 Å². The van der Waals surface area contributed by atoms with Crippen molar-refractivity contribution < 1.29 is 4.42 Å². The van der Waals surface area contributed by atoms with E-state index in [1.54, 1.807) is 0 Å². The molecule has 3 rings (SSSR count). The van der Waals surface area contributed by atoms with Crippen LogP contribution in [-0.2, 0) is 6.42 Å². The monoisotopic (exact) mass is 216 g/mol. The summed E-state index contributed by atoms with van der Waals surface area (Å²) in [7, 11) is 0. The van der Waals surface area contributed by atoms with E-state index in [0.717, 1.165) is 18.1 Å². The van der Waals surface area contributed by atoms with Crippen LogP contribution in [-0.4, -0.2) is 0 Å². The fraction of sp³-hybridized carbons (Fsp3) is 0.600. The van der Waals surface area contributed by atoms with E-state index in [1.165, 1.54) is 24.0 Å². The second kappa shape index (κ2) is 2.82. The Kier molecular flexibility index (Phi) is 1.80. The average molecular weight is 216 g/mol. The number of furan rings is 1. The zero-order valence-corrected chi connectivity index (χ0v) is 10.5. The van der Waals surface area contributed by atoms with Crippen LogP contribution in [0, 0.1) is 16.7 Å². The smallest absolute Gasteiger partial charge is 0.111 e. The van der Waals surface area contributed by atoms with E-state index in [9.17, 15) is 0 Å². The van der Waals surface area contributed by atoms with Crippen molar-refractivity contribution in [3.05, 3.63) is 30.2 Å². The van der Waals surface area contributed by atoms with Gasteiger partial charge in [0.25, 0.3) is 0 Å². The highest BCUT2D eigenvalue weighted by Gasteiger charge is 2.57. The molecular weight excluding hydrogens is 196 g/mol. The van der Waals surface area contributed by atoms with Gasteiger partial charge in [-0.25, -0.2) is 0 Å². The second-order valence-electron chi connectivity index (χ2n) is 6.10. The minimum atomic E-state index is 0.267. The van der Waals surface area contributed by atoms with Crippen molar-refractivity contribution in [2.75, 3.05) is 0 Å². The first-order chi connectivity index (χ1) is 7.49. The molecule has 1 aromatic heterocycles. The molecule has 0 bridgehead atoms. The van der Waals surface area contributed by atoms with Crippen molar-refractivity contribution in [1.29, 1.82) is 0 Å². The summed E-state index contributed by atoms with van der Waals surface area (Å²) in [5.74, 6) is 1.91. The summed E-state index contributed by atoms with van der Waals surface area (Å²) in [6, 6.07) is 2.09. The van der Waals surface area contributed by atoms with Gasteiger partial charge in [-0.1, -0.05) is 27.4 Å². The topological polar surface area (TPSA) is 13.1 Å². The van der Waals surface area contributed by atoms with E-state index in [2.05, 4.69) is 33.4 Å². The number of hydrogen-bond donors (Lipinski definition) is 0. The lowest BCUT2D eigenvalue weighted by molar-refractivity contribution is 0.111. The minimum absolute atomic E-state index is 0.267. The maximum atomic E-state index is 5.63. The van der Waals surface area contributed by atoms with Crippen molar-refractivity contribution in [2.45, 2.75) is 40.0 Å². The Hall–Kier alpha value is -0.980. The zero-order chi connectivity index (χ0) is 11.6. The highest BCUT2D eigenvalue weighted by atomic mass is 16.3. The molecule has 0 N–H and O–H groups in total. The molecule has 0 saturated heterocycles. The van der Waals surface area contributed by atoms with Crippen molar-refractivity contribution in [3.8, 4) is 0 Å². The minimum Gasteiger partial charge on any atom is -0.469 e. The summed E-state index contributed by atoms with van der Waals surface area (Å²) in [5, 5.41) is 0. The van der Waals surface area contributed by atoms with Crippen LogP contribution in [0.5, 0.6) is 0 Å². The Bertz CT molecular complexity index is 456. The molecule has 16 heavy (non-hydrogen) atoms. The van der Waals surface area contributed by atoms with Crippen LogP contribution in [0.3, 0.4) is 0 Å². The zero-order valence-electron chi connectivity index (χ0n) is 10.5. The molecule has 86 valence electrons. The molecule has 1 fully saturated rings. The molecule has 0 amide bonds. The Morgan fingerprint density at radius 2 is 2.19 bits per heavy atom. The van der Waals surface area contributed by atoms with E-state index in [0.29, 0.717) is 5.41 Å². The molecule has 0 aliphatic heterocycles. The van der Waals surface area contributed by atoms with Crippen molar-refractivity contribution in [1.82, 2.24) is 0 Å². The molecule has 2 aliphatic carbocycles. The van der Waals surface area contributed by atoms with E-state index in [-0.39, 0.29) is 5.41 Å². The van der Waals surface area contributed by atoms with Crippen LogP contribution in [0.1, 0.15) is 44.9 Å². The maximum absolute atomic E-state index is 5.63. The molecule has 1 heterocycles. The molecule has 1 aromatic rings. The van der Waals surface area contributed by atoms with Crippen LogP contribution < -0.4 is 0 Å². The largest absolute Gasteiger partial charge is 0.469 e. The summed E-state index contributed by atoms with van der Waals surface area (Å²) in [6.45, 7) is 11.6. The van der Waals surface area contributed by atoms with Gasteiger partial charge < -0.3 is 4.42 Å². The first-order valence-electron chi connectivity index (χ1n) is 6.25. The van der Waals surface area contributed by atoms with Gasteiger partial charge in [0.05, 0.1) is 6.26 Å². The van der Waals surface area contributed by atoms with E-state index < -0.39 is 0 Å². The van der Waals surface area contributed by atoms with Gasteiger partial charge in [-0.2, -0.15) is 0 Å². The second-order valence-corrected chi connectivity index (χ2v) is 6.10. The van der Waals surface area contributed by atoms with Gasteiger partial charge in [0.2, 0.25) is 0 Å². The van der Waals surface area contributed by atoms with Gasteiger partial charge >= 0.3 is 0 Å². The van der Waals surface area contributed by atoms with Crippen LogP contribution in [0.15, 0.2) is 23.3 Å². The van der Waals surface area contributed by atoms with Crippen LogP contribution in [0.4, 0.5) is 0 Å². The van der Waals surface area contributed by atoms with Crippen LogP contribution in [0.25, 0.3) is 5.57 Å². The number of allylic oxidation sites excluding steroid dienone is 1. The highest BCUT2D eigenvalue weighted by molar-refractivity contribution is 5.73. The lowest BCUT2D eigenvalue weighted by atomic mass is 9.55. The van der Waals surface area contributed by atoms with Crippen molar-refractivity contribution in [2.24, 2.45) is 16.7 Å². The molecule has 0 radical (unpaired) electrons. The SMILES string of the molecule is C=C1c2ccoc2CC2(C)C(C)CCC12C. The molecule has 3 atom stereocenters. The fourth-order valence-electron chi connectivity index (χ4n) is 3.90. The maximum Gasteiger partial charge on any atom is 0.111 e. The first-order valence-corrected chi connectivity index (χ1v) is 6.25. The number of fused-ring (bicyclic) bond motifs is 2. The van der Waals surface area contributed by atoms with Crippen LogP contribution >= 0.6 is 0 Å². The average Bonchev–Trinajstić information content (AvgIpc) is 2.78. The van der Waals surface area contributed by atoms with Gasteiger partial charge in [0.15, 0.2) is 0 Å². The number of rotatable bonds is 0. The quantitative estimate of drug-likeness (QED) is 0.630. The third-order valence-corrected chi connectivity index (χ3v) is 5.69. The Morgan fingerprint density at radius 3 is 2.94 bits per heavy atom. The molecule has 1 nitrogen and oxygen atoms in total. The summed E-state index contributed by atoms with van der Waals surface area (Å²) in [6.07, 6.45) is 5.48. The molecule has 0 spiro atoms. The predicted molar refractivity (Wildman–Crippen MR) is 66.1 cm³/mol. The summed E-state index contributed by atoms with van der Waals surface area (Å²) < 4.78 is 5.63. The molecule has 0 aromatic carbocycles. The number of hydrogen-bond acceptors (Lipinski definition) is 1. The van der Waals surface area contributed by atoms with Crippen LogP contribution in [0.2, 0.25) is 0 Å². The highest BCUT2D eigenvalue weighted by Crippen LogP contribution is 2.65. The molecule has 2 aliphatic rings. The molecule has 1 saturated carbocycles. The summed E-state index contributed by atoms with van der Waals surface area (Å²) in [5.41, 5.74) is 3.17. The molecule has 3 unspecified atom stereocenters. The Morgan fingerprint density at radius 1 is 1.44 bits per heavy atom. The van der Waals surface area contributed by atoms with Crippen molar-refractivity contribution in [3.63, 3.8) is 0 Å². The Labute approximate surface area is 97.5 Å². The van der Waals surface area contributed by atoms with Gasteiger partial charge in [-0.05, 0) is 41.2 Å². The Balaban J connectivity index is 2.20. The predicted octanol–water partition coefficient (Wildman–Crippen LogP) is 4.29. The standard InChI is InChI=1S/C15H20O/c1-10-5-7-14(3)11(2)12-6-8-16-13(12)9-15(10,14)4/h6,8,10H,2,5,7,9H2,1,3-4H3. The lowest BCUT2D eigenvalue weighted by Crippen LogP contribution is -2.41. The summed E-state index contributed by atoms with van der Waals surface area (Å²) >= 11 is 0. The molecule has 1 heteroatoms.